The topological polar surface area (TPSA) is 20.3 Å². The van der Waals surface area contributed by atoms with Crippen LogP contribution in [0.4, 0.5) is 5.69 Å². The van der Waals surface area contributed by atoms with Gasteiger partial charge in [0.2, 0.25) is 5.91 Å². The standard InChI is InChI=1S/C14H17NO/c1-4-12-9-10(2)15(11(3)16)14-8-6-5-7-13(12)14/h5-10H,4H2,1-3H3. The molecule has 84 valence electrons. The third-order valence-corrected chi connectivity index (χ3v) is 3.08. The molecule has 1 aromatic carbocycles. The first-order valence-electron chi connectivity index (χ1n) is 5.75. The lowest BCUT2D eigenvalue weighted by atomic mass is 9.94. The van der Waals surface area contributed by atoms with Crippen LogP contribution in [-0.4, -0.2) is 11.9 Å². The minimum absolute atomic E-state index is 0.103. The van der Waals surface area contributed by atoms with Crippen LogP contribution in [0.5, 0.6) is 0 Å². The highest BCUT2D eigenvalue weighted by atomic mass is 16.2. The maximum absolute atomic E-state index is 11.7. The van der Waals surface area contributed by atoms with E-state index in [2.05, 4.69) is 26.0 Å². The Labute approximate surface area is 96.6 Å². The van der Waals surface area contributed by atoms with Crippen molar-refractivity contribution in [3.8, 4) is 0 Å². The van der Waals surface area contributed by atoms with Crippen molar-refractivity contribution in [3.63, 3.8) is 0 Å². The highest BCUT2D eigenvalue weighted by molar-refractivity contribution is 5.98. The predicted molar refractivity (Wildman–Crippen MR) is 67.3 cm³/mol. The first-order chi connectivity index (χ1) is 7.65. The molecule has 0 fully saturated rings. The van der Waals surface area contributed by atoms with Crippen LogP contribution in [0, 0.1) is 0 Å². The molecule has 16 heavy (non-hydrogen) atoms. The Morgan fingerprint density at radius 3 is 2.69 bits per heavy atom. The largest absolute Gasteiger partial charge is 0.305 e. The third-order valence-electron chi connectivity index (χ3n) is 3.08. The Balaban J connectivity index is 2.58. The number of carbonyl (C=O) groups excluding carboxylic acids is 1. The number of benzene rings is 1. The normalized spacial score (nSPS) is 19.1. The molecule has 0 radical (unpaired) electrons. The van der Waals surface area contributed by atoms with Crippen LogP contribution < -0.4 is 4.90 Å². The molecule has 0 bridgehead atoms. The Kier molecular flexibility index (Phi) is 2.82. The molecule has 0 saturated heterocycles. The summed E-state index contributed by atoms with van der Waals surface area (Å²) >= 11 is 0. The van der Waals surface area contributed by atoms with Gasteiger partial charge in [0.05, 0.1) is 11.7 Å². The van der Waals surface area contributed by atoms with Crippen LogP contribution in [-0.2, 0) is 4.79 Å². The van der Waals surface area contributed by atoms with E-state index < -0.39 is 0 Å². The number of carbonyl (C=O) groups is 1. The summed E-state index contributed by atoms with van der Waals surface area (Å²) in [4.78, 5) is 13.5. The van der Waals surface area contributed by atoms with E-state index in [-0.39, 0.29) is 11.9 Å². The smallest absolute Gasteiger partial charge is 0.224 e. The number of anilines is 1. The summed E-state index contributed by atoms with van der Waals surface area (Å²) in [5.41, 5.74) is 3.57. The molecule has 2 nitrogen and oxygen atoms in total. The van der Waals surface area contributed by atoms with Crippen molar-refractivity contribution < 1.29 is 4.79 Å². The van der Waals surface area contributed by atoms with Crippen molar-refractivity contribution in [2.75, 3.05) is 4.90 Å². The van der Waals surface area contributed by atoms with Crippen LogP contribution in [0.1, 0.15) is 32.8 Å². The van der Waals surface area contributed by atoms with E-state index in [1.54, 1.807) is 6.92 Å². The van der Waals surface area contributed by atoms with Gasteiger partial charge in [0, 0.05) is 12.5 Å². The second-order valence-corrected chi connectivity index (χ2v) is 4.19. The molecule has 0 spiro atoms. The number of fused-ring (bicyclic) bond motifs is 1. The maximum Gasteiger partial charge on any atom is 0.224 e. The van der Waals surface area contributed by atoms with Gasteiger partial charge in [-0.1, -0.05) is 31.2 Å². The molecule has 1 aromatic rings. The van der Waals surface area contributed by atoms with Gasteiger partial charge in [-0.25, -0.2) is 0 Å². The monoisotopic (exact) mass is 215 g/mol. The molecule has 1 atom stereocenters. The SMILES string of the molecule is CCC1=CC(C)N(C(C)=O)c2ccccc21. The molecule has 0 aliphatic carbocycles. The number of amides is 1. The quantitative estimate of drug-likeness (QED) is 0.704. The van der Waals surface area contributed by atoms with E-state index >= 15 is 0 Å². The van der Waals surface area contributed by atoms with Gasteiger partial charge < -0.3 is 4.90 Å². The van der Waals surface area contributed by atoms with Gasteiger partial charge in [-0.3, -0.25) is 4.79 Å². The lowest BCUT2D eigenvalue weighted by molar-refractivity contribution is -0.116. The number of nitrogens with zero attached hydrogens (tertiary/aromatic N) is 1. The van der Waals surface area contributed by atoms with Crippen LogP contribution in [0.15, 0.2) is 30.3 Å². The van der Waals surface area contributed by atoms with Crippen molar-refractivity contribution in [3.05, 3.63) is 35.9 Å². The summed E-state index contributed by atoms with van der Waals surface area (Å²) in [6, 6.07) is 8.28. The van der Waals surface area contributed by atoms with Crippen molar-refractivity contribution in [2.45, 2.75) is 33.2 Å². The fourth-order valence-corrected chi connectivity index (χ4v) is 2.39. The van der Waals surface area contributed by atoms with Crippen LogP contribution in [0.2, 0.25) is 0 Å². The summed E-state index contributed by atoms with van der Waals surface area (Å²) in [5.74, 6) is 0.103. The molecule has 0 aromatic heterocycles. The van der Waals surface area contributed by atoms with Crippen LogP contribution >= 0.6 is 0 Å². The summed E-state index contributed by atoms with van der Waals surface area (Å²) in [6.07, 6.45) is 3.19. The lowest BCUT2D eigenvalue weighted by Crippen LogP contribution is -2.38. The zero-order valence-corrected chi connectivity index (χ0v) is 10.0. The molecule has 0 N–H and O–H groups in total. The Hall–Kier alpha value is -1.57. The zero-order chi connectivity index (χ0) is 11.7. The van der Waals surface area contributed by atoms with Crippen molar-refractivity contribution in [1.29, 1.82) is 0 Å². The fraction of sp³-hybridized carbons (Fsp3) is 0.357. The van der Waals surface area contributed by atoms with Gasteiger partial charge >= 0.3 is 0 Å². The average molecular weight is 215 g/mol. The van der Waals surface area contributed by atoms with E-state index in [1.165, 1.54) is 11.1 Å². The molecule has 1 aliphatic rings. The van der Waals surface area contributed by atoms with Gasteiger partial charge in [-0.05, 0) is 25.0 Å². The molecule has 2 heteroatoms. The number of hydrogen-bond acceptors (Lipinski definition) is 1. The van der Waals surface area contributed by atoms with Gasteiger partial charge in [0.15, 0.2) is 0 Å². The minimum Gasteiger partial charge on any atom is -0.305 e. The number of para-hydroxylation sites is 1. The van der Waals surface area contributed by atoms with Crippen molar-refractivity contribution in [2.24, 2.45) is 0 Å². The third kappa shape index (κ3) is 1.64. The van der Waals surface area contributed by atoms with Crippen LogP contribution in [0.25, 0.3) is 5.57 Å². The molecule has 1 amide bonds. The van der Waals surface area contributed by atoms with Gasteiger partial charge in [0.25, 0.3) is 0 Å². The molecular weight excluding hydrogens is 198 g/mol. The van der Waals surface area contributed by atoms with E-state index in [0.717, 1.165) is 12.1 Å². The zero-order valence-electron chi connectivity index (χ0n) is 10.0. The Morgan fingerprint density at radius 1 is 1.38 bits per heavy atom. The molecular formula is C14H17NO. The van der Waals surface area contributed by atoms with Crippen molar-refractivity contribution >= 4 is 17.2 Å². The molecule has 1 aliphatic heterocycles. The number of hydrogen-bond donors (Lipinski definition) is 0. The average Bonchev–Trinajstić information content (AvgIpc) is 2.27. The molecule has 1 heterocycles. The van der Waals surface area contributed by atoms with Gasteiger partial charge in [-0.15, -0.1) is 0 Å². The Bertz CT molecular complexity index is 448. The van der Waals surface area contributed by atoms with E-state index in [4.69, 9.17) is 0 Å². The molecule has 1 unspecified atom stereocenters. The van der Waals surface area contributed by atoms with Gasteiger partial charge in [0.1, 0.15) is 0 Å². The van der Waals surface area contributed by atoms with E-state index in [0.29, 0.717) is 0 Å². The summed E-state index contributed by atoms with van der Waals surface area (Å²) in [7, 11) is 0. The van der Waals surface area contributed by atoms with E-state index in [1.807, 2.05) is 23.1 Å². The minimum atomic E-state index is 0.103. The predicted octanol–water partition coefficient (Wildman–Crippen LogP) is 3.24. The van der Waals surface area contributed by atoms with Gasteiger partial charge in [-0.2, -0.15) is 0 Å². The van der Waals surface area contributed by atoms with E-state index in [9.17, 15) is 4.79 Å². The first-order valence-corrected chi connectivity index (χ1v) is 5.75. The first kappa shape index (κ1) is 10.9. The number of allylic oxidation sites excluding steroid dienone is 1. The maximum atomic E-state index is 11.7. The summed E-state index contributed by atoms with van der Waals surface area (Å²) in [6.45, 7) is 5.84. The lowest BCUT2D eigenvalue weighted by Gasteiger charge is -2.33. The highest BCUT2D eigenvalue weighted by Crippen LogP contribution is 2.35. The highest BCUT2D eigenvalue weighted by Gasteiger charge is 2.25. The van der Waals surface area contributed by atoms with Crippen molar-refractivity contribution in [1.82, 2.24) is 0 Å². The number of rotatable bonds is 1. The Morgan fingerprint density at radius 2 is 2.06 bits per heavy atom. The summed E-state index contributed by atoms with van der Waals surface area (Å²) in [5, 5.41) is 0. The van der Waals surface area contributed by atoms with Crippen LogP contribution in [0.3, 0.4) is 0 Å². The second kappa shape index (κ2) is 4.12. The fourth-order valence-electron chi connectivity index (χ4n) is 2.39. The molecule has 2 rings (SSSR count). The summed E-state index contributed by atoms with van der Waals surface area (Å²) < 4.78 is 0. The second-order valence-electron chi connectivity index (χ2n) is 4.19. The molecule has 0 saturated carbocycles.